The second kappa shape index (κ2) is 9.05. The molecule has 0 aliphatic carbocycles. The van der Waals surface area contributed by atoms with Gasteiger partial charge < -0.3 is 19.6 Å². The van der Waals surface area contributed by atoms with Crippen LogP contribution in [0.4, 0.5) is 0 Å². The van der Waals surface area contributed by atoms with E-state index in [-0.39, 0.29) is 23.1 Å². The van der Waals surface area contributed by atoms with Crippen molar-refractivity contribution in [2.24, 2.45) is 5.41 Å². The minimum absolute atomic E-state index is 0.0142. The predicted octanol–water partition coefficient (Wildman–Crippen LogP) is 2.56. The number of nitrogens with zero attached hydrogens (tertiary/aromatic N) is 3. The Hall–Kier alpha value is -2.68. The zero-order valence-corrected chi connectivity index (χ0v) is 19.7. The van der Waals surface area contributed by atoms with Gasteiger partial charge in [-0.05, 0) is 50.0 Å². The van der Waals surface area contributed by atoms with Gasteiger partial charge in [0.2, 0.25) is 11.8 Å². The van der Waals surface area contributed by atoms with Gasteiger partial charge in [0.05, 0.1) is 5.69 Å². The lowest BCUT2D eigenvalue weighted by Gasteiger charge is -2.39. The molecule has 2 fully saturated rings. The van der Waals surface area contributed by atoms with Crippen molar-refractivity contribution in [3.05, 3.63) is 39.4 Å². The minimum Gasteiger partial charge on any atom is -0.361 e. The summed E-state index contributed by atoms with van der Waals surface area (Å²) in [5, 5.41) is 8.72. The zero-order valence-electron chi connectivity index (χ0n) is 18.8. The van der Waals surface area contributed by atoms with Crippen molar-refractivity contribution < 1.29 is 18.9 Å². The molecule has 9 heteroatoms. The molecule has 2 aliphatic rings. The predicted molar refractivity (Wildman–Crippen MR) is 120 cm³/mol. The average Bonchev–Trinajstić information content (AvgIpc) is 3.49. The summed E-state index contributed by atoms with van der Waals surface area (Å²) in [4.78, 5) is 42.8. The molecule has 3 amide bonds. The molecule has 4 rings (SSSR count). The van der Waals surface area contributed by atoms with Gasteiger partial charge in [0, 0.05) is 44.4 Å². The number of nitrogens with one attached hydrogen (secondary N) is 1. The Bertz CT molecular complexity index is 972. The van der Waals surface area contributed by atoms with E-state index in [2.05, 4.69) is 10.5 Å². The van der Waals surface area contributed by atoms with Gasteiger partial charge in [0.1, 0.15) is 17.4 Å². The van der Waals surface area contributed by atoms with Gasteiger partial charge in [-0.2, -0.15) is 0 Å². The van der Waals surface area contributed by atoms with Gasteiger partial charge in [-0.25, -0.2) is 0 Å². The molecule has 1 N–H and O–H groups in total. The zero-order chi connectivity index (χ0) is 22.9. The average molecular weight is 459 g/mol. The molecule has 0 aromatic carbocycles. The Labute approximate surface area is 191 Å². The number of hydrogen-bond acceptors (Lipinski definition) is 6. The van der Waals surface area contributed by atoms with Crippen molar-refractivity contribution >= 4 is 29.1 Å². The lowest BCUT2D eigenvalue weighted by molar-refractivity contribution is -0.135. The first kappa shape index (κ1) is 22.5. The number of carbonyl (C=O) groups is 3. The topological polar surface area (TPSA) is 95.8 Å². The molecule has 172 valence electrons. The van der Waals surface area contributed by atoms with Crippen LogP contribution in [0, 0.1) is 19.3 Å². The van der Waals surface area contributed by atoms with E-state index in [0.29, 0.717) is 49.6 Å². The van der Waals surface area contributed by atoms with Gasteiger partial charge in [0.15, 0.2) is 0 Å². The molecule has 4 heterocycles. The first-order valence-electron chi connectivity index (χ1n) is 11.1. The maximum Gasteiger partial charge on any atom is 0.259 e. The van der Waals surface area contributed by atoms with Gasteiger partial charge in [-0.3, -0.25) is 14.4 Å². The van der Waals surface area contributed by atoms with Crippen LogP contribution in [0.25, 0.3) is 0 Å². The third kappa shape index (κ3) is 4.57. The number of piperidine rings is 1. The fourth-order valence-electron chi connectivity index (χ4n) is 4.96. The van der Waals surface area contributed by atoms with E-state index in [1.54, 1.807) is 25.2 Å². The summed E-state index contributed by atoms with van der Waals surface area (Å²) in [7, 11) is 0. The molecule has 0 radical (unpaired) electrons. The second-order valence-electron chi connectivity index (χ2n) is 9.04. The SMILES string of the molecule is CC(=O)N[C@@H](Cc1cccs1)C(=O)N1CCC2(CCN(C(=O)c3c(C)noc3C)CC2)C1. The number of aryl methyl sites for hydroxylation is 2. The molecule has 0 unspecified atom stereocenters. The fourth-order valence-corrected chi connectivity index (χ4v) is 5.71. The monoisotopic (exact) mass is 458 g/mol. The Morgan fingerprint density at radius 3 is 2.44 bits per heavy atom. The normalized spacial score (nSPS) is 18.7. The number of thiophene rings is 1. The Morgan fingerprint density at radius 1 is 1.19 bits per heavy atom. The number of rotatable bonds is 5. The standard InChI is InChI=1S/C23H30N4O4S/c1-15-20(16(2)31-25-15)22(30)26-9-6-23(7-10-26)8-11-27(14-23)21(29)19(24-17(3)28)13-18-5-4-12-32-18/h4-5,12,19H,6-11,13-14H2,1-3H3,(H,24,28)/t19-/m0/s1. The summed E-state index contributed by atoms with van der Waals surface area (Å²) in [6, 6.07) is 3.41. The van der Waals surface area contributed by atoms with Crippen molar-refractivity contribution in [3.63, 3.8) is 0 Å². The van der Waals surface area contributed by atoms with Crippen molar-refractivity contribution in [3.8, 4) is 0 Å². The maximum atomic E-state index is 13.3. The van der Waals surface area contributed by atoms with Crippen LogP contribution in [0.1, 0.15) is 52.9 Å². The van der Waals surface area contributed by atoms with E-state index in [4.69, 9.17) is 4.52 Å². The molecule has 2 saturated heterocycles. The summed E-state index contributed by atoms with van der Waals surface area (Å²) in [5.74, 6) is 0.323. The highest BCUT2D eigenvalue weighted by Crippen LogP contribution is 2.41. The third-order valence-electron chi connectivity index (χ3n) is 6.77. The molecule has 2 aromatic heterocycles. The maximum absolute atomic E-state index is 13.3. The second-order valence-corrected chi connectivity index (χ2v) is 10.1. The van der Waals surface area contributed by atoms with E-state index in [1.165, 1.54) is 6.92 Å². The van der Waals surface area contributed by atoms with Gasteiger partial charge >= 0.3 is 0 Å². The first-order chi connectivity index (χ1) is 15.3. The van der Waals surface area contributed by atoms with Crippen molar-refractivity contribution in [2.75, 3.05) is 26.2 Å². The van der Waals surface area contributed by atoms with E-state index < -0.39 is 6.04 Å². The molecule has 8 nitrogen and oxygen atoms in total. The van der Waals surface area contributed by atoms with E-state index in [9.17, 15) is 14.4 Å². The Morgan fingerprint density at radius 2 is 1.88 bits per heavy atom. The van der Waals surface area contributed by atoms with Crippen LogP contribution >= 0.6 is 11.3 Å². The van der Waals surface area contributed by atoms with Gasteiger partial charge in [-0.1, -0.05) is 11.2 Å². The molecular weight excluding hydrogens is 428 g/mol. The van der Waals surface area contributed by atoms with Crippen molar-refractivity contribution in [1.82, 2.24) is 20.3 Å². The number of hydrogen-bond donors (Lipinski definition) is 1. The highest BCUT2D eigenvalue weighted by atomic mass is 32.1. The Balaban J connectivity index is 1.38. The van der Waals surface area contributed by atoms with E-state index in [0.717, 1.165) is 24.1 Å². The van der Waals surface area contributed by atoms with Crippen LogP contribution in [0.15, 0.2) is 22.0 Å². The summed E-state index contributed by atoms with van der Waals surface area (Å²) >= 11 is 1.59. The van der Waals surface area contributed by atoms with Gasteiger partial charge in [-0.15, -0.1) is 11.3 Å². The first-order valence-corrected chi connectivity index (χ1v) is 12.0. The van der Waals surface area contributed by atoms with Crippen molar-refractivity contribution in [2.45, 2.75) is 52.5 Å². The van der Waals surface area contributed by atoms with Crippen LogP contribution in [0.2, 0.25) is 0 Å². The number of aromatic nitrogens is 1. The number of amides is 3. The molecule has 0 saturated carbocycles. The summed E-state index contributed by atoms with van der Waals surface area (Å²) in [6.45, 7) is 7.70. The van der Waals surface area contributed by atoms with E-state index in [1.807, 2.05) is 27.3 Å². The molecule has 1 spiro atoms. The lowest BCUT2D eigenvalue weighted by atomic mass is 9.77. The van der Waals surface area contributed by atoms with Crippen LogP contribution < -0.4 is 5.32 Å². The van der Waals surface area contributed by atoms with Gasteiger partial charge in [0.25, 0.3) is 5.91 Å². The smallest absolute Gasteiger partial charge is 0.259 e. The van der Waals surface area contributed by atoms with Crippen LogP contribution in [0.3, 0.4) is 0 Å². The third-order valence-corrected chi connectivity index (χ3v) is 7.67. The molecule has 32 heavy (non-hydrogen) atoms. The number of carbonyl (C=O) groups excluding carboxylic acids is 3. The molecule has 1 atom stereocenters. The lowest BCUT2D eigenvalue weighted by Crippen LogP contribution is -2.50. The fraction of sp³-hybridized carbons (Fsp3) is 0.565. The van der Waals surface area contributed by atoms with E-state index >= 15 is 0 Å². The van der Waals surface area contributed by atoms with Crippen LogP contribution in [-0.2, 0) is 16.0 Å². The molecular formula is C23H30N4O4S. The summed E-state index contributed by atoms with van der Waals surface area (Å²) < 4.78 is 5.16. The summed E-state index contributed by atoms with van der Waals surface area (Å²) in [5.41, 5.74) is 1.23. The number of likely N-dealkylation sites (tertiary alicyclic amines) is 2. The highest BCUT2D eigenvalue weighted by Gasteiger charge is 2.44. The molecule has 2 aromatic rings. The largest absolute Gasteiger partial charge is 0.361 e. The van der Waals surface area contributed by atoms with Crippen LogP contribution in [0.5, 0.6) is 0 Å². The van der Waals surface area contributed by atoms with Crippen LogP contribution in [-0.4, -0.2) is 64.9 Å². The Kier molecular flexibility index (Phi) is 6.37. The summed E-state index contributed by atoms with van der Waals surface area (Å²) in [6.07, 6.45) is 3.17. The molecule has 0 bridgehead atoms. The highest BCUT2D eigenvalue weighted by molar-refractivity contribution is 7.09. The van der Waals surface area contributed by atoms with Crippen molar-refractivity contribution in [1.29, 1.82) is 0 Å². The molecule has 2 aliphatic heterocycles. The minimum atomic E-state index is -0.539. The quantitative estimate of drug-likeness (QED) is 0.743.